The van der Waals surface area contributed by atoms with Crippen molar-refractivity contribution in [1.82, 2.24) is 5.48 Å². The number of ether oxygens (including phenoxy) is 1. The van der Waals surface area contributed by atoms with E-state index in [1.165, 1.54) is 27.8 Å². The Morgan fingerprint density at radius 1 is 0.871 bits per heavy atom. The molecular weight excluding hydrogens is 386 g/mol. The first-order valence-corrected chi connectivity index (χ1v) is 10.9. The molecule has 0 amide bonds. The molecule has 4 heteroatoms. The van der Waals surface area contributed by atoms with E-state index in [0.29, 0.717) is 31.4 Å². The molecule has 0 bridgehead atoms. The van der Waals surface area contributed by atoms with Crippen molar-refractivity contribution in [3.05, 3.63) is 94.0 Å². The third-order valence-corrected chi connectivity index (χ3v) is 5.44. The standard InChI is InChI=1S/C27H33NO3/c1-19(2)25-16-23(10-11-27(25)29)17-26-20(3)14-24(15-21(26)4)30-12-13-31-28-18-22-8-6-5-7-9-22/h5-11,14-16,19,28-29H,12-13,17-18H2,1-4H3. The van der Waals surface area contributed by atoms with Gasteiger partial charge in [-0.25, -0.2) is 0 Å². The van der Waals surface area contributed by atoms with Crippen LogP contribution < -0.4 is 10.2 Å². The highest BCUT2D eigenvalue weighted by molar-refractivity contribution is 5.45. The number of phenolic OH excluding ortho intramolecular Hbond substituents is 1. The van der Waals surface area contributed by atoms with Gasteiger partial charge in [0.05, 0.1) is 0 Å². The average molecular weight is 420 g/mol. The van der Waals surface area contributed by atoms with Gasteiger partial charge >= 0.3 is 0 Å². The summed E-state index contributed by atoms with van der Waals surface area (Å²) in [6.45, 7) is 10.1. The zero-order valence-electron chi connectivity index (χ0n) is 18.9. The summed E-state index contributed by atoms with van der Waals surface area (Å²) < 4.78 is 5.89. The van der Waals surface area contributed by atoms with Crippen LogP contribution in [0, 0.1) is 13.8 Å². The maximum atomic E-state index is 10.1. The van der Waals surface area contributed by atoms with Crippen molar-refractivity contribution in [2.24, 2.45) is 0 Å². The number of nitrogens with one attached hydrogen (secondary N) is 1. The van der Waals surface area contributed by atoms with E-state index >= 15 is 0 Å². The zero-order valence-corrected chi connectivity index (χ0v) is 18.9. The first-order valence-electron chi connectivity index (χ1n) is 10.9. The van der Waals surface area contributed by atoms with Crippen molar-refractivity contribution in [1.29, 1.82) is 0 Å². The van der Waals surface area contributed by atoms with Gasteiger partial charge in [0.1, 0.15) is 24.7 Å². The molecule has 3 rings (SSSR count). The number of hydroxylamine groups is 1. The van der Waals surface area contributed by atoms with Crippen molar-refractivity contribution >= 4 is 0 Å². The fourth-order valence-corrected chi connectivity index (χ4v) is 3.70. The molecule has 31 heavy (non-hydrogen) atoms. The monoisotopic (exact) mass is 419 g/mol. The number of aryl methyl sites for hydroxylation is 2. The summed E-state index contributed by atoms with van der Waals surface area (Å²) in [6, 6.07) is 20.2. The molecule has 3 aromatic carbocycles. The van der Waals surface area contributed by atoms with Gasteiger partial charge in [0.25, 0.3) is 0 Å². The maximum absolute atomic E-state index is 10.1. The van der Waals surface area contributed by atoms with Gasteiger partial charge in [0.2, 0.25) is 0 Å². The van der Waals surface area contributed by atoms with E-state index in [4.69, 9.17) is 9.57 Å². The van der Waals surface area contributed by atoms with Gasteiger partial charge in [0, 0.05) is 6.54 Å². The van der Waals surface area contributed by atoms with Crippen LogP contribution in [0.15, 0.2) is 60.7 Å². The van der Waals surface area contributed by atoms with Crippen LogP contribution in [-0.2, 0) is 17.8 Å². The van der Waals surface area contributed by atoms with Crippen molar-refractivity contribution < 1.29 is 14.7 Å². The predicted octanol–water partition coefficient (Wildman–Crippen LogP) is 5.82. The number of benzene rings is 3. The second kappa shape index (κ2) is 11.0. The molecule has 0 saturated carbocycles. The Hall–Kier alpha value is -2.82. The fraction of sp³-hybridized carbons (Fsp3) is 0.333. The quantitative estimate of drug-likeness (QED) is 0.321. The van der Waals surface area contributed by atoms with E-state index in [2.05, 4.69) is 63.5 Å². The zero-order chi connectivity index (χ0) is 22.2. The van der Waals surface area contributed by atoms with Gasteiger partial charge < -0.3 is 9.84 Å². The Labute approximate surface area is 185 Å². The van der Waals surface area contributed by atoms with Crippen LogP contribution in [-0.4, -0.2) is 18.3 Å². The van der Waals surface area contributed by atoms with Crippen molar-refractivity contribution in [3.63, 3.8) is 0 Å². The van der Waals surface area contributed by atoms with Crippen LogP contribution in [0.2, 0.25) is 0 Å². The summed E-state index contributed by atoms with van der Waals surface area (Å²) in [6.07, 6.45) is 0.838. The molecule has 0 aliphatic carbocycles. The fourth-order valence-electron chi connectivity index (χ4n) is 3.70. The maximum Gasteiger partial charge on any atom is 0.119 e. The van der Waals surface area contributed by atoms with Crippen LogP contribution in [0.3, 0.4) is 0 Å². The highest BCUT2D eigenvalue weighted by Crippen LogP contribution is 2.29. The molecule has 0 unspecified atom stereocenters. The average Bonchev–Trinajstić information content (AvgIpc) is 2.75. The van der Waals surface area contributed by atoms with Gasteiger partial charge in [0.15, 0.2) is 0 Å². The van der Waals surface area contributed by atoms with E-state index in [1.807, 2.05) is 24.3 Å². The first-order chi connectivity index (χ1) is 14.9. The molecule has 0 heterocycles. The van der Waals surface area contributed by atoms with Crippen LogP contribution in [0.25, 0.3) is 0 Å². The first kappa shape index (κ1) is 22.9. The molecule has 0 saturated heterocycles. The summed E-state index contributed by atoms with van der Waals surface area (Å²) in [4.78, 5) is 5.47. The van der Waals surface area contributed by atoms with Crippen LogP contribution in [0.5, 0.6) is 11.5 Å². The molecule has 3 aromatic rings. The number of hydrogen-bond donors (Lipinski definition) is 2. The summed E-state index contributed by atoms with van der Waals surface area (Å²) in [5.41, 5.74) is 10.1. The van der Waals surface area contributed by atoms with Crippen molar-refractivity contribution in [2.45, 2.75) is 46.6 Å². The Kier molecular flexibility index (Phi) is 8.10. The van der Waals surface area contributed by atoms with Gasteiger partial charge in [-0.1, -0.05) is 56.3 Å². The van der Waals surface area contributed by atoms with Crippen LogP contribution >= 0.6 is 0 Å². The highest BCUT2D eigenvalue weighted by Gasteiger charge is 2.11. The number of rotatable bonds is 10. The normalized spacial score (nSPS) is 11.1. The Bertz CT molecular complexity index is 960. The minimum atomic E-state index is 0.294. The molecule has 4 nitrogen and oxygen atoms in total. The van der Waals surface area contributed by atoms with Gasteiger partial charge in [-0.3, -0.25) is 4.84 Å². The number of aromatic hydroxyl groups is 1. The number of hydrogen-bond acceptors (Lipinski definition) is 4. The molecule has 0 atom stereocenters. The summed E-state index contributed by atoms with van der Waals surface area (Å²) in [5, 5.41) is 10.1. The lowest BCUT2D eigenvalue weighted by atomic mass is 9.93. The molecule has 0 aliphatic rings. The lowest BCUT2D eigenvalue weighted by molar-refractivity contribution is 0.0184. The topological polar surface area (TPSA) is 50.7 Å². The van der Waals surface area contributed by atoms with E-state index < -0.39 is 0 Å². The Morgan fingerprint density at radius 3 is 2.26 bits per heavy atom. The highest BCUT2D eigenvalue weighted by atomic mass is 16.7. The van der Waals surface area contributed by atoms with E-state index in [0.717, 1.165) is 17.7 Å². The van der Waals surface area contributed by atoms with Gasteiger partial charge in [-0.2, -0.15) is 5.48 Å². The molecule has 164 valence electrons. The Balaban J connectivity index is 1.52. The number of phenols is 1. The molecule has 0 fully saturated rings. The largest absolute Gasteiger partial charge is 0.508 e. The van der Waals surface area contributed by atoms with Crippen molar-refractivity contribution in [2.75, 3.05) is 13.2 Å². The molecule has 0 aromatic heterocycles. The molecule has 2 N–H and O–H groups in total. The minimum Gasteiger partial charge on any atom is -0.508 e. The second-order valence-electron chi connectivity index (χ2n) is 8.26. The SMILES string of the molecule is Cc1cc(OCCONCc2ccccc2)cc(C)c1Cc1ccc(O)c(C(C)C)c1. The second-order valence-corrected chi connectivity index (χ2v) is 8.26. The smallest absolute Gasteiger partial charge is 0.119 e. The summed E-state index contributed by atoms with van der Waals surface area (Å²) >= 11 is 0. The van der Waals surface area contributed by atoms with Crippen molar-refractivity contribution in [3.8, 4) is 11.5 Å². The van der Waals surface area contributed by atoms with Crippen LogP contribution in [0.1, 0.15) is 53.1 Å². The summed E-state index contributed by atoms with van der Waals surface area (Å²) in [5.74, 6) is 1.53. The van der Waals surface area contributed by atoms with E-state index in [9.17, 15) is 5.11 Å². The molecular formula is C27H33NO3. The molecule has 0 radical (unpaired) electrons. The summed E-state index contributed by atoms with van der Waals surface area (Å²) in [7, 11) is 0. The lowest BCUT2D eigenvalue weighted by Gasteiger charge is -2.15. The van der Waals surface area contributed by atoms with Gasteiger partial charge in [-0.15, -0.1) is 0 Å². The van der Waals surface area contributed by atoms with E-state index in [-0.39, 0.29) is 0 Å². The molecule has 0 aliphatic heterocycles. The Morgan fingerprint density at radius 2 is 1.58 bits per heavy atom. The van der Waals surface area contributed by atoms with Crippen LogP contribution in [0.4, 0.5) is 0 Å². The van der Waals surface area contributed by atoms with E-state index in [1.54, 1.807) is 6.07 Å². The third kappa shape index (κ3) is 6.58. The lowest BCUT2D eigenvalue weighted by Crippen LogP contribution is -2.18. The minimum absolute atomic E-state index is 0.294. The van der Waals surface area contributed by atoms with Gasteiger partial charge in [-0.05, 0) is 77.8 Å². The predicted molar refractivity (Wildman–Crippen MR) is 126 cm³/mol. The molecule has 0 spiro atoms. The third-order valence-electron chi connectivity index (χ3n) is 5.44.